The van der Waals surface area contributed by atoms with Crippen molar-refractivity contribution < 1.29 is 4.57 Å². The largest absolute Gasteiger partial charge is 0.303 e. The fraction of sp³-hybridized carbons (Fsp3) is 0. The predicted molar refractivity (Wildman–Crippen MR) is 41.6 cm³/mol. The SMILES string of the molecule is O=PN=Cc1ccccc1. The quantitative estimate of drug-likeness (QED) is 0.471. The van der Waals surface area contributed by atoms with Crippen LogP contribution in [0.5, 0.6) is 0 Å². The first kappa shape index (κ1) is 7.10. The Bertz CT molecular complexity index is 233. The summed E-state index contributed by atoms with van der Waals surface area (Å²) in [5, 5.41) is 0. The van der Waals surface area contributed by atoms with Crippen molar-refractivity contribution in [1.82, 2.24) is 0 Å². The average Bonchev–Trinajstić information content (AvgIpc) is 2.03. The van der Waals surface area contributed by atoms with Crippen molar-refractivity contribution in [2.24, 2.45) is 4.76 Å². The molecular formula is C7H6NOP. The Morgan fingerprint density at radius 1 is 1.30 bits per heavy atom. The van der Waals surface area contributed by atoms with Crippen LogP contribution in [0, 0.1) is 0 Å². The van der Waals surface area contributed by atoms with Gasteiger partial charge < -0.3 is 0 Å². The van der Waals surface area contributed by atoms with Crippen molar-refractivity contribution in [1.29, 1.82) is 0 Å². The molecule has 0 N–H and O–H groups in total. The molecule has 1 aromatic carbocycles. The van der Waals surface area contributed by atoms with E-state index in [9.17, 15) is 4.57 Å². The molecule has 2 nitrogen and oxygen atoms in total. The normalized spacial score (nSPS) is 10.8. The highest BCUT2D eigenvalue weighted by molar-refractivity contribution is 7.22. The summed E-state index contributed by atoms with van der Waals surface area (Å²) in [7, 11) is -0.191. The Balaban J connectivity index is 2.76. The minimum atomic E-state index is -0.191. The van der Waals surface area contributed by atoms with Gasteiger partial charge in [-0.25, -0.2) is 4.57 Å². The molecular weight excluding hydrogens is 145 g/mol. The van der Waals surface area contributed by atoms with E-state index < -0.39 is 0 Å². The highest BCUT2D eigenvalue weighted by Crippen LogP contribution is 1.97. The zero-order valence-electron chi connectivity index (χ0n) is 5.27. The van der Waals surface area contributed by atoms with Gasteiger partial charge in [0.25, 0.3) is 0 Å². The lowest BCUT2D eigenvalue weighted by Crippen LogP contribution is -1.74. The maximum atomic E-state index is 9.88. The molecule has 0 heterocycles. The van der Waals surface area contributed by atoms with E-state index >= 15 is 0 Å². The number of rotatable bonds is 2. The molecule has 1 aromatic rings. The number of benzene rings is 1. The van der Waals surface area contributed by atoms with Gasteiger partial charge in [-0.3, -0.25) is 0 Å². The number of nitrogens with zero attached hydrogens (tertiary/aromatic N) is 1. The first-order valence-corrected chi connectivity index (χ1v) is 3.61. The van der Waals surface area contributed by atoms with Crippen LogP contribution in [-0.2, 0) is 4.57 Å². The van der Waals surface area contributed by atoms with Crippen LogP contribution in [0.2, 0.25) is 0 Å². The van der Waals surface area contributed by atoms with Crippen molar-refractivity contribution in [3.8, 4) is 0 Å². The third-order valence-corrected chi connectivity index (χ3v) is 1.26. The van der Waals surface area contributed by atoms with Gasteiger partial charge in [0.05, 0.1) is 0 Å². The molecule has 1 rings (SSSR count). The Hall–Kier alpha value is -1.01. The van der Waals surface area contributed by atoms with Gasteiger partial charge in [-0.1, -0.05) is 30.3 Å². The zero-order valence-corrected chi connectivity index (χ0v) is 6.16. The van der Waals surface area contributed by atoms with E-state index in [0.29, 0.717) is 0 Å². The molecule has 0 aromatic heterocycles. The lowest BCUT2D eigenvalue weighted by atomic mass is 10.2. The lowest BCUT2D eigenvalue weighted by Gasteiger charge is -1.85. The molecule has 0 radical (unpaired) electrons. The van der Waals surface area contributed by atoms with Crippen LogP contribution in [0.15, 0.2) is 35.1 Å². The molecule has 50 valence electrons. The third kappa shape index (κ3) is 2.08. The summed E-state index contributed by atoms with van der Waals surface area (Å²) in [6, 6.07) is 9.53. The summed E-state index contributed by atoms with van der Waals surface area (Å²) in [5.74, 6) is 0. The van der Waals surface area contributed by atoms with E-state index in [1.54, 1.807) is 6.21 Å². The van der Waals surface area contributed by atoms with Crippen LogP contribution in [0.4, 0.5) is 0 Å². The van der Waals surface area contributed by atoms with E-state index in [4.69, 9.17) is 0 Å². The van der Waals surface area contributed by atoms with E-state index in [1.165, 1.54) is 0 Å². The second-order valence-corrected chi connectivity index (χ2v) is 2.13. The Morgan fingerprint density at radius 3 is 2.60 bits per heavy atom. The monoisotopic (exact) mass is 151 g/mol. The molecule has 0 saturated carbocycles. The molecule has 10 heavy (non-hydrogen) atoms. The van der Waals surface area contributed by atoms with Gasteiger partial charge in [0, 0.05) is 6.21 Å². The number of hydrogen-bond donors (Lipinski definition) is 0. The summed E-state index contributed by atoms with van der Waals surface area (Å²) in [6.07, 6.45) is 1.56. The van der Waals surface area contributed by atoms with Gasteiger partial charge in [-0.15, -0.1) is 0 Å². The summed E-state index contributed by atoms with van der Waals surface area (Å²) >= 11 is 0. The molecule has 0 aliphatic carbocycles. The second-order valence-electron chi connectivity index (χ2n) is 1.74. The fourth-order valence-electron chi connectivity index (χ4n) is 0.629. The van der Waals surface area contributed by atoms with Gasteiger partial charge >= 0.3 is 8.61 Å². The van der Waals surface area contributed by atoms with Gasteiger partial charge in [0.1, 0.15) is 0 Å². The maximum Gasteiger partial charge on any atom is 0.303 e. The third-order valence-electron chi connectivity index (χ3n) is 1.05. The van der Waals surface area contributed by atoms with Crippen LogP contribution >= 0.6 is 8.61 Å². The standard InChI is InChI=1S/C7H6NOP/c9-10-8-6-7-4-2-1-3-5-7/h1-6H. The molecule has 0 unspecified atom stereocenters. The van der Waals surface area contributed by atoms with Gasteiger partial charge in [-0.05, 0) is 5.56 Å². The first-order chi connectivity index (χ1) is 4.93. The van der Waals surface area contributed by atoms with E-state index in [0.717, 1.165) is 5.56 Å². The molecule has 0 bridgehead atoms. The fourth-order valence-corrected chi connectivity index (χ4v) is 0.810. The van der Waals surface area contributed by atoms with Crippen LogP contribution < -0.4 is 0 Å². The maximum absolute atomic E-state index is 9.88. The van der Waals surface area contributed by atoms with Crippen molar-refractivity contribution >= 4 is 14.8 Å². The molecule has 0 spiro atoms. The van der Waals surface area contributed by atoms with E-state index in [-0.39, 0.29) is 8.61 Å². The second kappa shape index (κ2) is 3.91. The minimum absolute atomic E-state index is 0.191. The van der Waals surface area contributed by atoms with Gasteiger partial charge in [0.2, 0.25) is 0 Å². The molecule has 0 saturated heterocycles. The highest BCUT2D eigenvalue weighted by atomic mass is 31.1. The Morgan fingerprint density at radius 2 is 2.00 bits per heavy atom. The summed E-state index contributed by atoms with van der Waals surface area (Å²) in [4.78, 5) is 0. The Kier molecular flexibility index (Phi) is 2.78. The molecule has 0 fully saturated rings. The Labute approximate surface area is 60.9 Å². The molecule has 0 amide bonds. The minimum Gasteiger partial charge on any atom is -0.247 e. The zero-order chi connectivity index (χ0) is 7.23. The predicted octanol–water partition coefficient (Wildman–Crippen LogP) is 2.31. The van der Waals surface area contributed by atoms with Crippen molar-refractivity contribution in [3.63, 3.8) is 0 Å². The smallest absolute Gasteiger partial charge is 0.247 e. The highest BCUT2D eigenvalue weighted by Gasteiger charge is 1.80. The van der Waals surface area contributed by atoms with Crippen LogP contribution in [0.3, 0.4) is 0 Å². The summed E-state index contributed by atoms with van der Waals surface area (Å²) < 4.78 is 13.4. The van der Waals surface area contributed by atoms with E-state index in [1.807, 2.05) is 30.3 Å². The molecule has 3 heteroatoms. The van der Waals surface area contributed by atoms with Crippen molar-refractivity contribution in [3.05, 3.63) is 35.9 Å². The summed E-state index contributed by atoms with van der Waals surface area (Å²) in [6.45, 7) is 0. The van der Waals surface area contributed by atoms with Crippen LogP contribution in [0.25, 0.3) is 0 Å². The molecule has 0 aliphatic rings. The van der Waals surface area contributed by atoms with Crippen LogP contribution in [0.1, 0.15) is 5.56 Å². The topological polar surface area (TPSA) is 29.4 Å². The first-order valence-electron chi connectivity index (χ1n) is 2.84. The van der Waals surface area contributed by atoms with Gasteiger partial charge in [0.15, 0.2) is 0 Å². The van der Waals surface area contributed by atoms with Crippen LogP contribution in [-0.4, -0.2) is 6.21 Å². The average molecular weight is 151 g/mol. The molecule has 0 aliphatic heterocycles. The van der Waals surface area contributed by atoms with Crippen molar-refractivity contribution in [2.75, 3.05) is 0 Å². The number of hydrogen-bond acceptors (Lipinski definition) is 1. The van der Waals surface area contributed by atoms with Gasteiger partial charge in [-0.2, -0.15) is 4.76 Å². The molecule has 0 atom stereocenters. The van der Waals surface area contributed by atoms with Crippen molar-refractivity contribution in [2.45, 2.75) is 0 Å². The lowest BCUT2D eigenvalue weighted by molar-refractivity contribution is 0.599. The van der Waals surface area contributed by atoms with E-state index in [2.05, 4.69) is 4.76 Å². The summed E-state index contributed by atoms with van der Waals surface area (Å²) in [5.41, 5.74) is 0.964.